The zero-order valence-corrected chi connectivity index (χ0v) is 14.5. The van der Waals surface area contributed by atoms with E-state index < -0.39 is 6.04 Å². The van der Waals surface area contributed by atoms with Crippen LogP contribution >= 0.6 is 0 Å². The maximum Gasteiger partial charge on any atom is 0.315 e. The van der Waals surface area contributed by atoms with Gasteiger partial charge in [0.15, 0.2) is 11.5 Å². The molecule has 1 aliphatic carbocycles. The molecule has 1 aromatic carbocycles. The van der Waals surface area contributed by atoms with Crippen molar-refractivity contribution < 1.29 is 19.1 Å². The SMILES string of the molecule is C[C@@H](NC(=O)NC1CCCCC1)C(=O)NCc1ccc2c(c1)OCO2. The second-order valence-corrected chi connectivity index (χ2v) is 6.58. The molecule has 1 aliphatic heterocycles. The van der Waals surface area contributed by atoms with Crippen molar-refractivity contribution in [3.8, 4) is 11.5 Å². The molecule has 1 heterocycles. The molecule has 0 saturated heterocycles. The summed E-state index contributed by atoms with van der Waals surface area (Å²) < 4.78 is 10.6. The first-order valence-corrected chi connectivity index (χ1v) is 8.85. The highest BCUT2D eigenvalue weighted by Crippen LogP contribution is 2.32. The van der Waals surface area contributed by atoms with Crippen molar-refractivity contribution in [1.82, 2.24) is 16.0 Å². The zero-order valence-electron chi connectivity index (χ0n) is 14.5. The van der Waals surface area contributed by atoms with Crippen molar-refractivity contribution in [3.05, 3.63) is 23.8 Å². The van der Waals surface area contributed by atoms with Crippen LogP contribution in [-0.2, 0) is 11.3 Å². The predicted molar refractivity (Wildman–Crippen MR) is 92.4 cm³/mol. The molecule has 0 radical (unpaired) electrons. The fourth-order valence-electron chi connectivity index (χ4n) is 3.13. The van der Waals surface area contributed by atoms with Crippen molar-refractivity contribution in [2.24, 2.45) is 0 Å². The summed E-state index contributed by atoms with van der Waals surface area (Å²) in [4.78, 5) is 24.2. The van der Waals surface area contributed by atoms with E-state index in [0.717, 1.165) is 31.2 Å². The smallest absolute Gasteiger partial charge is 0.315 e. The summed E-state index contributed by atoms with van der Waals surface area (Å²) in [5.74, 6) is 1.17. The summed E-state index contributed by atoms with van der Waals surface area (Å²) >= 11 is 0. The van der Waals surface area contributed by atoms with Gasteiger partial charge in [-0.3, -0.25) is 4.79 Å². The first kappa shape index (κ1) is 17.4. The maximum atomic E-state index is 12.2. The molecule has 3 rings (SSSR count). The van der Waals surface area contributed by atoms with E-state index in [2.05, 4.69) is 16.0 Å². The number of urea groups is 1. The van der Waals surface area contributed by atoms with E-state index in [1.807, 2.05) is 18.2 Å². The van der Waals surface area contributed by atoms with Crippen LogP contribution in [0, 0.1) is 0 Å². The minimum atomic E-state index is -0.599. The van der Waals surface area contributed by atoms with Gasteiger partial charge in [-0.1, -0.05) is 25.3 Å². The normalized spacial score (nSPS) is 17.6. The molecule has 0 spiro atoms. The fraction of sp³-hybridized carbons (Fsp3) is 0.556. The van der Waals surface area contributed by atoms with Crippen molar-refractivity contribution >= 4 is 11.9 Å². The molecule has 7 nitrogen and oxygen atoms in total. The van der Waals surface area contributed by atoms with Crippen LogP contribution in [0.25, 0.3) is 0 Å². The van der Waals surface area contributed by atoms with Gasteiger partial charge >= 0.3 is 6.03 Å². The van der Waals surface area contributed by atoms with Crippen LogP contribution in [0.5, 0.6) is 11.5 Å². The van der Waals surface area contributed by atoms with Crippen LogP contribution in [0.2, 0.25) is 0 Å². The van der Waals surface area contributed by atoms with E-state index in [1.54, 1.807) is 6.92 Å². The highest BCUT2D eigenvalue weighted by atomic mass is 16.7. The molecule has 1 fully saturated rings. The minimum absolute atomic E-state index is 0.220. The number of nitrogens with one attached hydrogen (secondary N) is 3. The Labute approximate surface area is 147 Å². The van der Waals surface area contributed by atoms with Crippen LogP contribution in [-0.4, -0.2) is 30.8 Å². The predicted octanol–water partition coefficient (Wildman–Crippen LogP) is 2.05. The molecular weight excluding hydrogens is 322 g/mol. The monoisotopic (exact) mass is 347 g/mol. The van der Waals surface area contributed by atoms with Gasteiger partial charge in [-0.05, 0) is 37.5 Å². The first-order valence-electron chi connectivity index (χ1n) is 8.85. The van der Waals surface area contributed by atoms with Gasteiger partial charge in [0.25, 0.3) is 0 Å². The third-order valence-electron chi connectivity index (χ3n) is 4.58. The number of fused-ring (bicyclic) bond motifs is 1. The Balaban J connectivity index is 1.42. The molecule has 7 heteroatoms. The summed E-state index contributed by atoms with van der Waals surface area (Å²) in [7, 11) is 0. The highest BCUT2D eigenvalue weighted by Gasteiger charge is 2.20. The second kappa shape index (κ2) is 8.09. The molecule has 25 heavy (non-hydrogen) atoms. The molecule has 0 aromatic heterocycles. The topological polar surface area (TPSA) is 88.7 Å². The summed E-state index contributed by atoms with van der Waals surface area (Å²) in [6, 6.07) is 4.88. The van der Waals surface area contributed by atoms with E-state index in [4.69, 9.17) is 9.47 Å². The highest BCUT2D eigenvalue weighted by molar-refractivity contribution is 5.86. The van der Waals surface area contributed by atoms with Crippen molar-refractivity contribution in [1.29, 1.82) is 0 Å². The number of benzene rings is 1. The fourth-order valence-corrected chi connectivity index (χ4v) is 3.13. The van der Waals surface area contributed by atoms with Gasteiger partial charge in [-0.2, -0.15) is 0 Å². The summed E-state index contributed by atoms with van der Waals surface area (Å²) in [6.07, 6.45) is 5.56. The van der Waals surface area contributed by atoms with Crippen LogP contribution in [0.15, 0.2) is 18.2 Å². The van der Waals surface area contributed by atoms with Crippen LogP contribution in [0.1, 0.15) is 44.6 Å². The number of carbonyl (C=O) groups is 2. The summed E-state index contributed by atoms with van der Waals surface area (Å²) in [6.45, 7) is 2.27. The summed E-state index contributed by atoms with van der Waals surface area (Å²) in [5, 5.41) is 8.47. The average molecular weight is 347 g/mol. The first-order chi connectivity index (χ1) is 12.1. The molecule has 2 aliphatic rings. The average Bonchev–Trinajstić information content (AvgIpc) is 3.08. The number of hydrogen-bond acceptors (Lipinski definition) is 4. The molecule has 1 atom stereocenters. The van der Waals surface area contributed by atoms with E-state index in [0.29, 0.717) is 18.0 Å². The van der Waals surface area contributed by atoms with Gasteiger partial charge in [-0.25, -0.2) is 4.79 Å². The van der Waals surface area contributed by atoms with Crippen molar-refractivity contribution in [2.75, 3.05) is 6.79 Å². The number of carbonyl (C=O) groups excluding carboxylic acids is 2. The van der Waals surface area contributed by atoms with Gasteiger partial charge in [-0.15, -0.1) is 0 Å². The number of amides is 3. The largest absolute Gasteiger partial charge is 0.454 e. The Morgan fingerprint density at radius 1 is 1.16 bits per heavy atom. The molecule has 3 N–H and O–H groups in total. The Morgan fingerprint density at radius 3 is 2.72 bits per heavy atom. The number of rotatable bonds is 5. The van der Waals surface area contributed by atoms with Gasteiger partial charge in [0.1, 0.15) is 6.04 Å². The van der Waals surface area contributed by atoms with Crippen molar-refractivity contribution in [3.63, 3.8) is 0 Å². The van der Waals surface area contributed by atoms with E-state index in [1.165, 1.54) is 6.42 Å². The maximum absolute atomic E-state index is 12.2. The molecule has 3 amide bonds. The Kier molecular flexibility index (Phi) is 5.63. The number of hydrogen-bond donors (Lipinski definition) is 3. The van der Waals surface area contributed by atoms with E-state index in [-0.39, 0.29) is 24.8 Å². The van der Waals surface area contributed by atoms with Crippen LogP contribution in [0.3, 0.4) is 0 Å². The Hall–Kier alpha value is -2.44. The Morgan fingerprint density at radius 2 is 1.92 bits per heavy atom. The molecule has 0 bridgehead atoms. The quantitative estimate of drug-likeness (QED) is 0.761. The minimum Gasteiger partial charge on any atom is -0.454 e. The standard InChI is InChI=1S/C18H25N3O4/c1-12(20-18(23)21-14-5-3-2-4-6-14)17(22)19-10-13-7-8-15-16(9-13)25-11-24-15/h7-9,12,14H,2-6,10-11H2,1H3,(H,19,22)(H2,20,21,23)/t12-/m1/s1. The van der Waals surface area contributed by atoms with Gasteiger partial charge in [0, 0.05) is 12.6 Å². The lowest BCUT2D eigenvalue weighted by Crippen LogP contribution is -2.50. The lowest BCUT2D eigenvalue weighted by atomic mass is 9.96. The van der Waals surface area contributed by atoms with Crippen LogP contribution < -0.4 is 25.4 Å². The molecule has 0 unspecified atom stereocenters. The molecular formula is C18H25N3O4. The van der Waals surface area contributed by atoms with Crippen LogP contribution in [0.4, 0.5) is 4.79 Å². The zero-order chi connectivity index (χ0) is 17.6. The Bertz CT molecular complexity index is 629. The molecule has 1 saturated carbocycles. The third-order valence-corrected chi connectivity index (χ3v) is 4.58. The van der Waals surface area contributed by atoms with E-state index in [9.17, 15) is 9.59 Å². The van der Waals surface area contributed by atoms with Gasteiger partial charge < -0.3 is 25.4 Å². The lowest BCUT2D eigenvalue weighted by molar-refractivity contribution is -0.122. The van der Waals surface area contributed by atoms with E-state index >= 15 is 0 Å². The summed E-state index contributed by atoms with van der Waals surface area (Å²) in [5.41, 5.74) is 0.913. The number of ether oxygens (including phenoxy) is 2. The second-order valence-electron chi connectivity index (χ2n) is 6.58. The molecule has 136 valence electrons. The molecule has 1 aromatic rings. The van der Waals surface area contributed by atoms with Crippen molar-refractivity contribution in [2.45, 2.75) is 57.7 Å². The van der Waals surface area contributed by atoms with Gasteiger partial charge in [0.05, 0.1) is 0 Å². The third kappa shape index (κ3) is 4.78. The lowest BCUT2D eigenvalue weighted by Gasteiger charge is -2.24. The van der Waals surface area contributed by atoms with Gasteiger partial charge in [0.2, 0.25) is 12.7 Å².